The van der Waals surface area contributed by atoms with Gasteiger partial charge in [0, 0.05) is 54.7 Å². The van der Waals surface area contributed by atoms with E-state index in [-0.39, 0.29) is 0 Å². The lowest BCUT2D eigenvalue weighted by molar-refractivity contribution is 1.34. The van der Waals surface area contributed by atoms with E-state index in [2.05, 4.69) is 325 Å². The minimum atomic E-state index is 1.03. The lowest BCUT2D eigenvalue weighted by Gasteiger charge is -2.06. The monoisotopic (exact) mass is 1180 g/mol. The molecule has 0 radical (unpaired) electrons. The fourth-order valence-electron chi connectivity index (χ4n) is 11.4. The van der Waals surface area contributed by atoms with Gasteiger partial charge in [0.15, 0.2) is 0 Å². The van der Waals surface area contributed by atoms with Gasteiger partial charge in [0.25, 0.3) is 0 Å². The van der Waals surface area contributed by atoms with E-state index < -0.39 is 0 Å². The van der Waals surface area contributed by atoms with Crippen LogP contribution in [0.2, 0.25) is 0 Å². The van der Waals surface area contributed by atoms with E-state index in [0.717, 1.165) is 61.6 Å². The van der Waals surface area contributed by atoms with Crippen molar-refractivity contribution >= 4 is 54.5 Å². The summed E-state index contributed by atoms with van der Waals surface area (Å²) in [6, 6.07) is 93.4. The maximum atomic E-state index is 4.79. The molecule has 5 heterocycles. The molecule has 0 aliphatic rings. The molecule has 446 valence electrons. The Hall–Kier alpha value is -10.8. The number of pyridine rings is 5. The summed E-state index contributed by atoms with van der Waals surface area (Å²) >= 11 is 0. The predicted octanol–water partition coefficient (Wildman–Crippen LogP) is 22.9. The normalized spacial score (nSPS) is 10.8. The van der Waals surface area contributed by atoms with Gasteiger partial charge in [-0.1, -0.05) is 202 Å². The number of nitrogens with zero attached hydrogens (tertiary/aromatic N) is 5. The third-order valence-electron chi connectivity index (χ3n) is 16.0. The summed E-state index contributed by atoms with van der Waals surface area (Å²) in [5.74, 6) is 0. The summed E-state index contributed by atoms with van der Waals surface area (Å²) in [6.07, 6.45) is 0. The predicted molar refractivity (Wildman–Crippen MR) is 388 cm³/mol. The van der Waals surface area contributed by atoms with Crippen LogP contribution in [-0.4, -0.2) is 24.9 Å². The number of aryl methyl sites for hydroxylation is 11. The van der Waals surface area contributed by atoms with E-state index in [4.69, 9.17) is 24.9 Å². The number of hydrogen-bond donors (Lipinski definition) is 0. The number of fused-ring (bicyclic) bond motifs is 5. The van der Waals surface area contributed by atoms with Crippen LogP contribution in [0.4, 0.5) is 0 Å². The molecule has 15 rings (SSSR count). The van der Waals surface area contributed by atoms with Crippen LogP contribution in [0, 0.1) is 76.2 Å². The Morgan fingerprint density at radius 1 is 0.154 bits per heavy atom. The minimum Gasteiger partial charge on any atom is -0.248 e. The lowest BCUT2D eigenvalue weighted by Crippen LogP contribution is -1.88. The molecule has 91 heavy (non-hydrogen) atoms. The van der Waals surface area contributed by atoms with E-state index in [9.17, 15) is 0 Å². The number of rotatable bonds is 5. The van der Waals surface area contributed by atoms with Crippen LogP contribution in [0.5, 0.6) is 0 Å². The molecule has 0 aliphatic carbocycles. The first-order valence-corrected chi connectivity index (χ1v) is 31.2. The molecular weight excluding hydrogens is 1100 g/mol. The van der Waals surface area contributed by atoms with Crippen LogP contribution in [0.15, 0.2) is 267 Å². The van der Waals surface area contributed by atoms with Crippen molar-refractivity contribution in [3.05, 3.63) is 328 Å². The van der Waals surface area contributed by atoms with Crippen molar-refractivity contribution in [1.82, 2.24) is 24.9 Å². The lowest BCUT2D eigenvalue weighted by atomic mass is 10.0. The molecule has 0 saturated carbocycles. The highest BCUT2D eigenvalue weighted by atomic mass is 14.7. The Morgan fingerprint density at radius 3 is 0.780 bits per heavy atom. The van der Waals surface area contributed by atoms with Crippen molar-refractivity contribution in [2.24, 2.45) is 0 Å². The summed E-state index contributed by atoms with van der Waals surface area (Å²) in [4.78, 5) is 23.7. The Labute approximate surface area is 536 Å². The molecule has 0 saturated heterocycles. The average Bonchev–Trinajstić information content (AvgIpc) is 1.75. The number of benzene rings is 10. The highest BCUT2D eigenvalue weighted by Crippen LogP contribution is 2.29. The molecule has 5 nitrogen and oxygen atoms in total. The zero-order valence-corrected chi connectivity index (χ0v) is 54.1. The second-order valence-corrected chi connectivity index (χ2v) is 24.3. The smallest absolute Gasteiger partial charge is 0.0712 e. The summed E-state index contributed by atoms with van der Waals surface area (Å²) < 4.78 is 0. The topological polar surface area (TPSA) is 64.5 Å². The van der Waals surface area contributed by atoms with Gasteiger partial charge in [-0.25, -0.2) is 24.9 Å². The number of hydrogen-bond acceptors (Lipinski definition) is 5. The first-order valence-electron chi connectivity index (χ1n) is 31.2. The van der Waals surface area contributed by atoms with Crippen LogP contribution < -0.4 is 0 Å². The van der Waals surface area contributed by atoms with E-state index in [0.29, 0.717) is 0 Å². The molecule has 0 fully saturated rings. The molecule has 15 aromatic rings. The van der Waals surface area contributed by atoms with Crippen LogP contribution in [0.25, 0.3) is 111 Å². The Balaban J connectivity index is 0.000000117. The SMILES string of the molecule is Cc1cc(C)cc(-c2ccc3cc(C)ccc3n2)c1.Cc1cc(C)cc(-c2ccc3ccc(C)cc3n2)c1.Cc1ccc2ccc(-c3ccccc3)nc2c1.Cc1cccc(-c2ccc3cc(C)ccc3n2)c1.Cc1cccc(-c2ccc3ccc(C)cc3n2)c1. The standard InChI is InChI=1S/2C18H17N.2C17H15N.C16H13N/c1-12-4-6-17-15(9-12)5-7-18(19-17)16-10-13(2)8-14(3)11-16;1-12-4-5-15-6-7-17(19-18(15)11-12)16-9-13(2)8-14(3)10-16;1-12-4-3-5-14(10-12)17-9-7-15-11-13(2)6-8-16(15)18-17;1-12-4-3-5-15(10-12)16-9-8-14-7-6-13(2)11-17(14)18-16;1-12-7-8-14-9-10-15(17-16(14)11-12)13-5-3-2-4-6-13/h2*4-11H,1-3H3;2*3-11H,1-2H3;2-11H,1H3. The van der Waals surface area contributed by atoms with Crippen LogP contribution >= 0.6 is 0 Å². The van der Waals surface area contributed by atoms with E-state index in [1.165, 1.54) is 110 Å². The maximum absolute atomic E-state index is 4.79. The Bertz CT molecular complexity index is 5040. The van der Waals surface area contributed by atoms with Crippen LogP contribution in [-0.2, 0) is 0 Å². The summed E-state index contributed by atoms with van der Waals surface area (Å²) in [5.41, 5.74) is 30.3. The number of aromatic nitrogens is 5. The highest BCUT2D eigenvalue weighted by Gasteiger charge is 2.08. The van der Waals surface area contributed by atoms with Gasteiger partial charge in [0.2, 0.25) is 0 Å². The van der Waals surface area contributed by atoms with Gasteiger partial charge in [-0.05, 0) is 202 Å². The van der Waals surface area contributed by atoms with Gasteiger partial charge < -0.3 is 0 Å². The molecule has 0 bridgehead atoms. The zero-order valence-electron chi connectivity index (χ0n) is 54.1. The quantitative estimate of drug-likeness (QED) is 0.172. The zero-order chi connectivity index (χ0) is 63.5. The largest absolute Gasteiger partial charge is 0.248 e. The molecule has 5 aromatic heterocycles. The first-order chi connectivity index (χ1) is 44.0. The molecule has 10 aromatic carbocycles. The fourth-order valence-corrected chi connectivity index (χ4v) is 11.4. The molecule has 0 N–H and O–H groups in total. The summed E-state index contributed by atoms with van der Waals surface area (Å²) in [7, 11) is 0. The van der Waals surface area contributed by atoms with Gasteiger partial charge >= 0.3 is 0 Å². The van der Waals surface area contributed by atoms with Crippen LogP contribution in [0.3, 0.4) is 0 Å². The molecular formula is C86H77N5. The van der Waals surface area contributed by atoms with Crippen molar-refractivity contribution in [2.75, 3.05) is 0 Å². The third-order valence-corrected chi connectivity index (χ3v) is 16.0. The van der Waals surface area contributed by atoms with Crippen LogP contribution in [0.1, 0.15) is 61.2 Å². The molecule has 0 spiro atoms. The van der Waals surface area contributed by atoms with Crippen molar-refractivity contribution < 1.29 is 0 Å². The summed E-state index contributed by atoms with van der Waals surface area (Å²) in [6.45, 7) is 23.2. The highest BCUT2D eigenvalue weighted by molar-refractivity contribution is 5.86. The van der Waals surface area contributed by atoms with Crippen molar-refractivity contribution in [1.29, 1.82) is 0 Å². The van der Waals surface area contributed by atoms with Crippen molar-refractivity contribution in [3.63, 3.8) is 0 Å². The fraction of sp³-hybridized carbons (Fsp3) is 0.128. The summed E-state index contributed by atoms with van der Waals surface area (Å²) in [5, 5.41) is 5.98. The minimum absolute atomic E-state index is 1.03. The molecule has 0 unspecified atom stereocenters. The first kappa shape index (κ1) is 61.9. The molecule has 0 amide bonds. The Kier molecular flexibility index (Phi) is 19.2. The maximum Gasteiger partial charge on any atom is 0.0712 e. The third kappa shape index (κ3) is 16.1. The molecule has 0 atom stereocenters. The van der Waals surface area contributed by atoms with E-state index in [1.807, 2.05) is 18.2 Å². The second-order valence-electron chi connectivity index (χ2n) is 24.3. The van der Waals surface area contributed by atoms with E-state index in [1.54, 1.807) is 0 Å². The molecule has 0 aliphatic heterocycles. The van der Waals surface area contributed by atoms with Gasteiger partial charge in [-0.3, -0.25) is 0 Å². The average molecular weight is 1180 g/mol. The van der Waals surface area contributed by atoms with Gasteiger partial charge in [0.1, 0.15) is 0 Å². The van der Waals surface area contributed by atoms with Gasteiger partial charge in [-0.15, -0.1) is 0 Å². The van der Waals surface area contributed by atoms with Crippen molar-refractivity contribution in [2.45, 2.75) is 76.2 Å². The van der Waals surface area contributed by atoms with E-state index >= 15 is 0 Å². The second kappa shape index (κ2) is 28.2. The van der Waals surface area contributed by atoms with Gasteiger partial charge in [-0.2, -0.15) is 0 Å². The Morgan fingerprint density at radius 2 is 0.418 bits per heavy atom. The van der Waals surface area contributed by atoms with Crippen molar-refractivity contribution in [3.8, 4) is 56.3 Å². The molecule has 5 heteroatoms. The van der Waals surface area contributed by atoms with Gasteiger partial charge in [0.05, 0.1) is 56.1 Å².